The summed E-state index contributed by atoms with van der Waals surface area (Å²) in [7, 11) is 2.97. The molecule has 0 aromatic heterocycles. The predicted octanol–water partition coefficient (Wildman–Crippen LogP) is 4.56. The van der Waals surface area contributed by atoms with Crippen LogP contribution in [0.15, 0.2) is 36.4 Å². The summed E-state index contributed by atoms with van der Waals surface area (Å²) in [5.41, 5.74) is 4.68. The van der Waals surface area contributed by atoms with Gasteiger partial charge in [-0.3, -0.25) is 4.79 Å². The number of esters is 1. The molecule has 1 aliphatic heterocycles. The summed E-state index contributed by atoms with van der Waals surface area (Å²) >= 11 is 0. The number of amides is 1. The summed E-state index contributed by atoms with van der Waals surface area (Å²) < 4.78 is 10.3. The van der Waals surface area contributed by atoms with Gasteiger partial charge in [-0.2, -0.15) is 0 Å². The minimum atomic E-state index is -0.384. The number of fused-ring (bicyclic) bond motifs is 1. The van der Waals surface area contributed by atoms with E-state index in [0.29, 0.717) is 24.3 Å². The minimum Gasteiger partial charge on any atom is -0.496 e. The molecule has 160 valence electrons. The fourth-order valence-electron chi connectivity index (χ4n) is 3.77. The normalized spacial score (nSPS) is 12.4. The van der Waals surface area contributed by atoms with E-state index in [4.69, 9.17) is 9.47 Å². The van der Waals surface area contributed by atoms with Gasteiger partial charge in [-0.1, -0.05) is 31.9 Å². The van der Waals surface area contributed by atoms with Crippen molar-refractivity contribution in [2.45, 2.75) is 45.6 Å². The van der Waals surface area contributed by atoms with Crippen LogP contribution < -0.4 is 15.0 Å². The third-order valence-electron chi connectivity index (χ3n) is 5.44. The van der Waals surface area contributed by atoms with Crippen LogP contribution in [0.3, 0.4) is 0 Å². The molecule has 0 atom stereocenters. The number of nitrogens with zero attached hydrogens (tertiary/aromatic N) is 1. The lowest BCUT2D eigenvalue weighted by atomic mass is 10.1. The molecule has 6 nitrogen and oxygen atoms in total. The molecule has 0 saturated carbocycles. The van der Waals surface area contributed by atoms with Crippen molar-refractivity contribution in [2.24, 2.45) is 0 Å². The van der Waals surface area contributed by atoms with Crippen LogP contribution in [-0.4, -0.2) is 32.6 Å². The first-order chi connectivity index (χ1) is 14.5. The van der Waals surface area contributed by atoms with Gasteiger partial charge in [-0.15, -0.1) is 0 Å². The number of anilines is 2. The molecule has 2 aromatic rings. The first-order valence-electron chi connectivity index (χ1n) is 10.5. The molecule has 1 aliphatic rings. The van der Waals surface area contributed by atoms with Crippen molar-refractivity contribution in [1.82, 2.24) is 0 Å². The van der Waals surface area contributed by atoms with Crippen LogP contribution in [0.2, 0.25) is 0 Å². The van der Waals surface area contributed by atoms with Gasteiger partial charge in [0, 0.05) is 36.4 Å². The van der Waals surface area contributed by atoms with Crippen LogP contribution in [0.5, 0.6) is 5.75 Å². The third kappa shape index (κ3) is 5.12. The lowest BCUT2D eigenvalue weighted by Gasteiger charge is -2.22. The van der Waals surface area contributed by atoms with Gasteiger partial charge < -0.3 is 19.7 Å². The molecule has 0 fully saturated rings. The molecule has 0 bridgehead atoms. The molecule has 0 unspecified atom stereocenters. The number of methoxy groups -OCH3 is 2. The van der Waals surface area contributed by atoms with Gasteiger partial charge in [0.25, 0.3) is 0 Å². The predicted molar refractivity (Wildman–Crippen MR) is 118 cm³/mol. The molecule has 2 aromatic carbocycles. The average molecular weight is 411 g/mol. The first kappa shape index (κ1) is 21.7. The standard InChI is InChI=1S/C24H30N2O4/c1-4-5-6-7-23(27)25-20-11-10-17-12-13-26(21(17)15-20)16-19-9-8-18(24(28)30-3)14-22(19)29-2/h8-11,14-15H,4-7,12-13,16H2,1-3H3,(H,25,27). The second kappa shape index (κ2) is 10.1. The van der Waals surface area contributed by atoms with Crippen molar-refractivity contribution >= 4 is 23.3 Å². The summed E-state index contributed by atoms with van der Waals surface area (Å²) in [6.45, 7) is 3.68. The van der Waals surface area contributed by atoms with E-state index in [-0.39, 0.29) is 11.9 Å². The van der Waals surface area contributed by atoms with E-state index in [9.17, 15) is 9.59 Å². The average Bonchev–Trinajstić information content (AvgIpc) is 3.15. The van der Waals surface area contributed by atoms with Gasteiger partial charge in [0.1, 0.15) is 5.75 Å². The monoisotopic (exact) mass is 410 g/mol. The highest BCUT2D eigenvalue weighted by atomic mass is 16.5. The fourth-order valence-corrected chi connectivity index (χ4v) is 3.77. The highest BCUT2D eigenvalue weighted by Crippen LogP contribution is 2.33. The second-order valence-corrected chi connectivity index (χ2v) is 7.54. The summed E-state index contributed by atoms with van der Waals surface area (Å²) in [5, 5.41) is 3.02. The van der Waals surface area contributed by atoms with Crippen molar-refractivity contribution < 1.29 is 19.1 Å². The van der Waals surface area contributed by atoms with Crippen molar-refractivity contribution in [1.29, 1.82) is 0 Å². The Morgan fingerprint density at radius 1 is 1.10 bits per heavy atom. The lowest BCUT2D eigenvalue weighted by molar-refractivity contribution is -0.116. The molecule has 0 radical (unpaired) electrons. The van der Waals surface area contributed by atoms with Gasteiger partial charge >= 0.3 is 5.97 Å². The van der Waals surface area contributed by atoms with Crippen LogP contribution in [0, 0.1) is 0 Å². The Hall–Kier alpha value is -3.02. The number of carbonyl (C=O) groups excluding carboxylic acids is 2. The maximum absolute atomic E-state index is 12.2. The molecular formula is C24H30N2O4. The molecule has 0 aliphatic carbocycles. The SMILES string of the molecule is CCCCCC(=O)Nc1ccc2c(c1)N(Cc1ccc(C(=O)OC)cc1OC)CC2. The summed E-state index contributed by atoms with van der Waals surface area (Å²) in [6, 6.07) is 11.5. The molecule has 6 heteroatoms. The van der Waals surface area contributed by atoms with Crippen molar-refractivity contribution in [3.63, 3.8) is 0 Å². The van der Waals surface area contributed by atoms with E-state index in [0.717, 1.165) is 49.2 Å². The number of carbonyl (C=O) groups is 2. The Kier molecular flexibility index (Phi) is 7.33. The first-order valence-corrected chi connectivity index (χ1v) is 10.5. The quantitative estimate of drug-likeness (QED) is 0.485. The van der Waals surface area contributed by atoms with Crippen molar-refractivity contribution in [3.05, 3.63) is 53.1 Å². The maximum Gasteiger partial charge on any atom is 0.337 e. The molecule has 0 saturated heterocycles. The lowest BCUT2D eigenvalue weighted by Crippen LogP contribution is -2.20. The highest BCUT2D eigenvalue weighted by Gasteiger charge is 2.21. The number of rotatable bonds is 9. The van der Waals surface area contributed by atoms with Crippen LogP contribution in [-0.2, 0) is 22.5 Å². The van der Waals surface area contributed by atoms with E-state index in [1.54, 1.807) is 19.2 Å². The second-order valence-electron chi connectivity index (χ2n) is 7.54. The number of hydrogen-bond donors (Lipinski definition) is 1. The zero-order chi connectivity index (χ0) is 21.5. The van der Waals surface area contributed by atoms with Gasteiger partial charge in [0.15, 0.2) is 0 Å². The van der Waals surface area contributed by atoms with Gasteiger partial charge in [-0.05, 0) is 42.7 Å². The third-order valence-corrected chi connectivity index (χ3v) is 5.44. The molecule has 3 rings (SSSR count). The van der Waals surface area contributed by atoms with Crippen LogP contribution in [0.25, 0.3) is 0 Å². The van der Waals surface area contributed by atoms with E-state index < -0.39 is 0 Å². The zero-order valence-electron chi connectivity index (χ0n) is 18.0. The Bertz CT molecular complexity index is 910. The topological polar surface area (TPSA) is 67.9 Å². The molecule has 1 N–H and O–H groups in total. The number of nitrogens with one attached hydrogen (secondary N) is 1. The van der Waals surface area contributed by atoms with E-state index >= 15 is 0 Å². The van der Waals surface area contributed by atoms with Crippen molar-refractivity contribution in [2.75, 3.05) is 31.0 Å². The number of ether oxygens (including phenoxy) is 2. The molecule has 30 heavy (non-hydrogen) atoms. The minimum absolute atomic E-state index is 0.0630. The Morgan fingerprint density at radius 2 is 1.93 bits per heavy atom. The Morgan fingerprint density at radius 3 is 2.67 bits per heavy atom. The number of unbranched alkanes of at least 4 members (excludes halogenated alkanes) is 2. The smallest absolute Gasteiger partial charge is 0.337 e. The summed E-state index contributed by atoms with van der Waals surface area (Å²) in [6.07, 6.45) is 4.61. The van der Waals surface area contributed by atoms with Crippen LogP contribution in [0.1, 0.15) is 54.1 Å². The largest absolute Gasteiger partial charge is 0.496 e. The molecule has 0 spiro atoms. The molecular weight excluding hydrogens is 380 g/mol. The van der Waals surface area contributed by atoms with Gasteiger partial charge in [0.2, 0.25) is 5.91 Å². The van der Waals surface area contributed by atoms with E-state index in [1.807, 2.05) is 12.1 Å². The molecule has 1 heterocycles. The van der Waals surface area contributed by atoms with E-state index in [1.165, 1.54) is 12.7 Å². The van der Waals surface area contributed by atoms with E-state index in [2.05, 4.69) is 29.3 Å². The fraction of sp³-hybridized carbons (Fsp3) is 0.417. The number of benzene rings is 2. The van der Waals surface area contributed by atoms with Gasteiger partial charge in [-0.25, -0.2) is 4.79 Å². The Balaban J connectivity index is 1.73. The van der Waals surface area contributed by atoms with Gasteiger partial charge in [0.05, 0.1) is 19.8 Å². The zero-order valence-corrected chi connectivity index (χ0v) is 18.0. The summed E-state index contributed by atoms with van der Waals surface area (Å²) in [5.74, 6) is 0.338. The highest BCUT2D eigenvalue weighted by molar-refractivity contribution is 5.91. The van der Waals surface area contributed by atoms with Crippen LogP contribution >= 0.6 is 0 Å². The summed E-state index contributed by atoms with van der Waals surface area (Å²) in [4.78, 5) is 26.2. The molecule has 1 amide bonds. The maximum atomic E-state index is 12.2. The number of hydrogen-bond acceptors (Lipinski definition) is 5. The Labute approximate surface area is 178 Å². The van der Waals surface area contributed by atoms with Crippen molar-refractivity contribution in [3.8, 4) is 5.75 Å². The van der Waals surface area contributed by atoms with Crippen LogP contribution in [0.4, 0.5) is 11.4 Å².